The number of hydrogen-bond donors (Lipinski definition) is 0. The average Bonchev–Trinajstić information content (AvgIpc) is 2.10. The lowest BCUT2D eigenvalue weighted by Crippen LogP contribution is -1.85. The highest BCUT2D eigenvalue weighted by molar-refractivity contribution is 6.17. The van der Waals surface area contributed by atoms with E-state index in [9.17, 15) is 9.59 Å². The lowest BCUT2D eigenvalue weighted by atomic mass is 10.1. The van der Waals surface area contributed by atoms with Crippen molar-refractivity contribution in [2.75, 3.05) is 0 Å². The molecule has 0 saturated heterocycles. The minimum absolute atomic E-state index is 0.0648. The molecule has 0 N–H and O–H groups in total. The van der Waals surface area contributed by atoms with Crippen molar-refractivity contribution in [2.45, 2.75) is 6.92 Å². The van der Waals surface area contributed by atoms with Crippen molar-refractivity contribution < 1.29 is 9.59 Å². The van der Waals surface area contributed by atoms with Crippen LogP contribution in [-0.4, -0.2) is 12.2 Å². The second-order valence-electron chi connectivity index (χ2n) is 2.50. The molecule has 0 saturated carbocycles. The monoisotopic (exact) mass is 160 g/mol. The summed E-state index contributed by atoms with van der Waals surface area (Å²) in [5.74, 6) is 1.59. The minimum atomic E-state index is 0.0648. The van der Waals surface area contributed by atoms with Crippen molar-refractivity contribution in [3.63, 3.8) is 0 Å². The van der Waals surface area contributed by atoms with Gasteiger partial charge in [0, 0.05) is 0 Å². The number of aldehydes is 1. The number of aryl methyl sites for hydroxylation is 1. The zero-order valence-electron chi connectivity index (χ0n) is 6.70. The molecule has 0 amide bonds. The Morgan fingerprint density at radius 3 is 2.33 bits per heavy atom. The van der Waals surface area contributed by atoms with E-state index in [1.54, 1.807) is 18.1 Å². The van der Waals surface area contributed by atoms with Gasteiger partial charge >= 0.3 is 0 Å². The molecule has 0 atom stereocenters. The second kappa shape index (κ2) is 3.65. The van der Waals surface area contributed by atoms with Gasteiger partial charge in [0.1, 0.15) is 11.5 Å². The number of hydrogen-bond acceptors (Lipinski definition) is 2. The highest BCUT2D eigenvalue weighted by Crippen LogP contribution is 2.09. The van der Waals surface area contributed by atoms with E-state index >= 15 is 0 Å². The van der Waals surface area contributed by atoms with E-state index in [-0.39, 0.29) is 5.57 Å². The molecule has 0 aliphatic rings. The number of carbonyl (C=O) groups is 1. The maximum Gasteiger partial charge on any atom is 0.161 e. The summed E-state index contributed by atoms with van der Waals surface area (Å²) in [5.41, 5.74) is 1.77. The molecule has 0 radical (unpaired) electrons. The SMILES string of the molecule is Cc1ccc(C(=C=O)C=O)cc1. The molecule has 2 nitrogen and oxygen atoms in total. The van der Waals surface area contributed by atoms with Gasteiger partial charge in [0.2, 0.25) is 0 Å². The number of allylic oxidation sites excluding steroid dienone is 1. The van der Waals surface area contributed by atoms with Crippen LogP contribution in [0.5, 0.6) is 0 Å². The van der Waals surface area contributed by atoms with E-state index in [1.807, 2.05) is 19.1 Å². The molecule has 0 unspecified atom stereocenters. The Bertz CT molecular complexity index is 329. The fraction of sp³-hybridized carbons (Fsp3) is 0.100. The summed E-state index contributed by atoms with van der Waals surface area (Å²) in [6.07, 6.45) is 0.512. The zero-order chi connectivity index (χ0) is 8.97. The maximum absolute atomic E-state index is 10.3. The van der Waals surface area contributed by atoms with E-state index < -0.39 is 0 Å². The molecular formula is C10H8O2. The fourth-order valence-electron chi connectivity index (χ4n) is 0.884. The van der Waals surface area contributed by atoms with E-state index in [4.69, 9.17) is 0 Å². The average molecular weight is 160 g/mol. The molecule has 0 bridgehead atoms. The number of benzene rings is 1. The van der Waals surface area contributed by atoms with E-state index in [1.165, 1.54) is 0 Å². The van der Waals surface area contributed by atoms with Crippen LogP contribution >= 0.6 is 0 Å². The molecule has 1 aromatic carbocycles. The van der Waals surface area contributed by atoms with Gasteiger partial charge in [-0.05, 0) is 12.5 Å². The highest BCUT2D eigenvalue weighted by Gasteiger charge is 1.98. The molecule has 0 aromatic heterocycles. The van der Waals surface area contributed by atoms with Gasteiger partial charge in [0.25, 0.3) is 0 Å². The molecule has 0 aliphatic heterocycles. The third-order valence-corrected chi connectivity index (χ3v) is 1.59. The third-order valence-electron chi connectivity index (χ3n) is 1.59. The van der Waals surface area contributed by atoms with E-state index in [0.29, 0.717) is 11.8 Å². The molecule has 1 aromatic rings. The maximum atomic E-state index is 10.3. The van der Waals surface area contributed by atoms with Gasteiger partial charge in [0.15, 0.2) is 6.29 Å². The van der Waals surface area contributed by atoms with Crippen molar-refractivity contribution in [3.05, 3.63) is 35.4 Å². The first-order valence-electron chi connectivity index (χ1n) is 3.55. The van der Waals surface area contributed by atoms with Crippen molar-refractivity contribution in [2.24, 2.45) is 0 Å². The summed E-state index contributed by atoms with van der Waals surface area (Å²) in [5, 5.41) is 0. The summed E-state index contributed by atoms with van der Waals surface area (Å²) in [6.45, 7) is 1.94. The molecule has 0 aliphatic carbocycles. The number of rotatable bonds is 2. The van der Waals surface area contributed by atoms with Crippen molar-refractivity contribution >= 4 is 17.8 Å². The van der Waals surface area contributed by atoms with Crippen LogP contribution in [0.3, 0.4) is 0 Å². The van der Waals surface area contributed by atoms with Crippen molar-refractivity contribution in [3.8, 4) is 0 Å². The predicted octanol–water partition coefficient (Wildman–Crippen LogP) is 1.41. The first-order chi connectivity index (χ1) is 5.77. The topological polar surface area (TPSA) is 34.1 Å². The Balaban J connectivity index is 3.12. The first kappa shape index (κ1) is 8.44. The Kier molecular flexibility index (Phi) is 2.57. The van der Waals surface area contributed by atoms with Crippen molar-refractivity contribution in [1.82, 2.24) is 0 Å². The zero-order valence-corrected chi connectivity index (χ0v) is 6.70. The Labute approximate surface area is 70.5 Å². The minimum Gasteiger partial charge on any atom is -0.297 e. The van der Waals surface area contributed by atoms with Gasteiger partial charge in [-0.15, -0.1) is 0 Å². The van der Waals surface area contributed by atoms with E-state index in [2.05, 4.69) is 0 Å². The predicted molar refractivity (Wildman–Crippen MR) is 46.3 cm³/mol. The van der Waals surface area contributed by atoms with Gasteiger partial charge in [0.05, 0.1) is 0 Å². The largest absolute Gasteiger partial charge is 0.297 e. The Morgan fingerprint density at radius 1 is 1.33 bits per heavy atom. The molecule has 0 fully saturated rings. The first-order valence-corrected chi connectivity index (χ1v) is 3.55. The molecule has 1 rings (SSSR count). The lowest BCUT2D eigenvalue weighted by Gasteiger charge is -1.95. The van der Waals surface area contributed by atoms with Gasteiger partial charge in [-0.3, -0.25) is 4.79 Å². The highest BCUT2D eigenvalue weighted by atomic mass is 16.1. The quantitative estimate of drug-likeness (QED) is 0.372. The summed E-state index contributed by atoms with van der Waals surface area (Å²) >= 11 is 0. The van der Waals surface area contributed by atoms with E-state index in [0.717, 1.165) is 5.56 Å². The molecule has 12 heavy (non-hydrogen) atoms. The van der Waals surface area contributed by atoms with Gasteiger partial charge in [-0.1, -0.05) is 29.8 Å². The summed E-state index contributed by atoms with van der Waals surface area (Å²) in [6, 6.07) is 7.14. The smallest absolute Gasteiger partial charge is 0.161 e. The standard InChI is InChI=1S/C10H8O2/c1-8-2-4-9(5-3-8)10(6-11)7-12/h2-6H,1H3. The Hall–Kier alpha value is -1.66. The number of carbonyl (C=O) groups excluding carboxylic acids is 2. The normalized spacial score (nSPS) is 8.75. The van der Waals surface area contributed by atoms with Gasteiger partial charge < -0.3 is 0 Å². The van der Waals surface area contributed by atoms with Gasteiger partial charge in [-0.2, -0.15) is 0 Å². The van der Waals surface area contributed by atoms with Crippen LogP contribution in [0.1, 0.15) is 11.1 Å². The van der Waals surface area contributed by atoms with Crippen LogP contribution in [0, 0.1) is 6.92 Å². The summed E-state index contributed by atoms with van der Waals surface area (Å²) in [7, 11) is 0. The van der Waals surface area contributed by atoms with Crippen LogP contribution in [0.4, 0.5) is 0 Å². The Morgan fingerprint density at radius 2 is 1.92 bits per heavy atom. The summed E-state index contributed by atoms with van der Waals surface area (Å²) in [4.78, 5) is 20.6. The molecule has 0 spiro atoms. The van der Waals surface area contributed by atoms with Gasteiger partial charge in [-0.25, -0.2) is 4.79 Å². The van der Waals surface area contributed by atoms with Crippen LogP contribution in [0.25, 0.3) is 5.57 Å². The summed E-state index contributed by atoms with van der Waals surface area (Å²) < 4.78 is 0. The molecule has 2 heteroatoms. The second-order valence-corrected chi connectivity index (χ2v) is 2.50. The molecular weight excluding hydrogens is 152 g/mol. The van der Waals surface area contributed by atoms with Crippen LogP contribution < -0.4 is 0 Å². The fourth-order valence-corrected chi connectivity index (χ4v) is 0.884. The lowest BCUT2D eigenvalue weighted by molar-refractivity contribution is -0.103. The molecule has 0 heterocycles. The molecule has 60 valence electrons. The third kappa shape index (κ3) is 1.68. The van der Waals surface area contributed by atoms with Crippen LogP contribution in [-0.2, 0) is 9.59 Å². The van der Waals surface area contributed by atoms with Crippen LogP contribution in [0.15, 0.2) is 24.3 Å². The van der Waals surface area contributed by atoms with Crippen molar-refractivity contribution in [1.29, 1.82) is 0 Å². The van der Waals surface area contributed by atoms with Crippen LogP contribution in [0.2, 0.25) is 0 Å².